The Bertz CT molecular complexity index is 516. The van der Waals surface area contributed by atoms with E-state index in [1.54, 1.807) is 0 Å². The van der Waals surface area contributed by atoms with Crippen molar-refractivity contribution in [2.45, 2.75) is 25.6 Å². The van der Waals surface area contributed by atoms with Gasteiger partial charge in [0.05, 0.1) is 18.3 Å². The summed E-state index contributed by atoms with van der Waals surface area (Å²) in [5.41, 5.74) is 14.4. The van der Waals surface area contributed by atoms with Crippen LogP contribution >= 0.6 is 0 Å². The monoisotopic (exact) mass is 275 g/mol. The second-order valence-electron chi connectivity index (χ2n) is 5.05. The van der Waals surface area contributed by atoms with E-state index in [-0.39, 0.29) is 0 Å². The Morgan fingerprint density at radius 1 is 1.60 bits per heavy atom. The Labute approximate surface area is 119 Å². The largest absolute Gasteiger partial charge is 0.490 e. The molecule has 4 N–H and O–H groups in total. The Morgan fingerprint density at radius 3 is 2.95 bits per heavy atom. The van der Waals surface area contributed by atoms with Crippen molar-refractivity contribution in [2.24, 2.45) is 11.5 Å². The first-order chi connectivity index (χ1) is 9.58. The van der Waals surface area contributed by atoms with Crippen LogP contribution in [-0.4, -0.2) is 31.5 Å². The predicted octanol–water partition coefficient (Wildman–Crippen LogP) is 0.815. The minimum absolute atomic E-state index is 0.403. The molecule has 20 heavy (non-hydrogen) atoms. The molecule has 5 heteroatoms. The van der Waals surface area contributed by atoms with E-state index in [1.165, 1.54) is 0 Å². The predicted molar refractivity (Wildman–Crippen MR) is 79.8 cm³/mol. The number of aldehydes is 1. The van der Waals surface area contributed by atoms with Crippen LogP contribution in [0, 0.1) is 0 Å². The summed E-state index contributed by atoms with van der Waals surface area (Å²) in [7, 11) is 0. The van der Waals surface area contributed by atoms with Crippen molar-refractivity contribution in [3.05, 3.63) is 35.9 Å². The molecular formula is C15H21N3O2. The molecule has 2 unspecified atom stereocenters. The van der Waals surface area contributed by atoms with Crippen LogP contribution in [0.2, 0.25) is 0 Å². The van der Waals surface area contributed by atoms with E-state index >= 15 is 0 Å². The topological polar surface area (TPSA) is 81.6 Å². The number of hydrogen-bond donors (Lipinski definition) is 2. The van der Waals surface area contributed by atoms with Crippen molar-refractivity contribution in [3.8, 4) is 5.75 Å². The number of anilines is 1. The highest BCUT2D eigenvalue weighted by Gasteiger charge is 2.29. The van der Waals surface area contributed by atoms with E-state index in [2.05, 4.69) is 6.58 Å². The summed E-state index contributed by atoms with van der Waals surface area (Å²) < 4.78 is 5.63. The third-order valence-electron chi connectivity index (χ3n) is 3.59. The zero-order valence-corrected chi connectivity index (χ0v) is 11.7. The average Bonchev–Trinajstić information content (AvgIpc) is 2.47. The highest BCUT2D eigenvalue weighted by Crippen LogP contribution is 2.34. The molecule has 0 spiro atoms. The highest BCUT2D eigenvalue weighted by atomic mass is 16.5. The maximum atomic E-state index is 11.5. The summed E-state index contributed by atoms with van der Waals surface area (Å²) in [5.74, 6) is 0.759. The molecule has 1 aromatic rings. The maximum absolute atomic E-state index is 11.5. The lowest BCUT2D eigenvalue weighted by Gasteiger charge is -2.38. The first-order valence-corrected chi connectivity index (χ1v) is 6.67. The van der Waals surface area contributed by atoms with E-state index < -0.39 is 12.1 Å². The third kappa shape index (κ3) is 2.69. The van der Waals surface area contributed by atoms with Gasteiger partial charge in [-0.3, -0.25) is 0 Å². The van der Waals surface area contributed by atoms with Gasteiger partial charge in [0.1, 0.15) is 24.7 Å². The molecule has 0 amide bonds. The Balaban J connectivity index is 2.39. The molecule has 0 bridgehead atoms. The average molecular weight is 275 g/mol. The van der Waals surface area contributed by atoms with Crippen LogP contribution in [-0.2, 0) is 11.3 Å². The number of nitrogens with zero attached hydrogens (tertiary/aromatic N) is 1. The zero-order valence-electron chi connectivity index (χ0n) is 11.7. The smallest absolute Gasteiger partial charge is 0.144 e. The molecule has 0 aromatic heterocycles. The molecule has 1 aliphatic heterocycles. The van der Waals surface area contributed by atoms with Crippen LogP contribution in [0.5, 0.6) is 5.75 Å². The van der Waals surface area contributed by atoms with E-state index in [9.17, 15) is 4.79 Å². The van der Waals surface area contributed by atoms with Crippen LogP contribution in [0.25, 0.3) is 0 Å². The fourth-order valence-corrected chi connectivity index (χ4v) is 2.36. The van der Waals surface area contributed by atoms with Gasteiger partial charge in [0.2, 0.25) is 0 Å². The van der Waals surface area contributed by atoms with Gasteiger partial charge in [0.15, 0.2) is 0 Å². The molecule has 0 saturated carbocycles. The van der Waals surface area contributed by atoms with Crippen molar-refractivity contribution < 1.29 is 9.53 Å². The van der Waals surface area contributed by atoms with Crippen molar-refractivity contribution in [1.82, 2.24) is 0 Å². The van der Waals surface area contributed by atoms with Crippen LogP contribution in [0.1, 0.15) is 12.5 Å². The molecule has 2 atom stereocenters. The zero-order chi connectivity index (χ0) is 14.7. The number of hydrogen-bond acceptors (Lipinski definition) is 5. The van der Waals surface area contributed by atoms with E-state index in [4.69, 9.17) is 16.2 Å². The van der Waals surface area contributed by atoms with Gasteiger partial charge in [0, 0.05) is 6.54 Å². The van der Waals surface area contributed by atoms with E-state index in [1.807, 2.05) is 30.0 Å². The lowest BCUT2D eigenvalue weighted by molar-refractivity contribution is -0.109. The molecule has 108 valence electrons. The Kier molecular flexibility index (Phi) is 4.42. The van der Waals surface area contributed by atoms with Crippen LogP contribution in [0.15, 0.2) is 30.4 Å². The normalized spacial score (nSPS) is 16.9. The van der Waals surface area contributed by atoms with E-state index in [0.29, 0.717) is 19.7 Å². The molecule has 0 aliphatic carbocycles. The highest BCUT2D eigenvalue weighted by molar-refractivity contribution is 5.72. The van der Waals surface area contributed by atoms with Crippen molar-refractivity contribution in [2.75, 3.05) is 18.1 Å². The number of carbonyl (C=O) groups excluding carboxylic acids is 1. The fraction of sp³-hybridized carbons (Fsp3) is 0.400. The summed E-state index contributed by atoms with van der Waals surface area (Å²) in [6.07, 6.45) is 0.879. The molecular weight excluding hydrogens is 254 g/mol. The number of fused-ring (bicyclic) bond motifs is 1. The summed E-state index contributed by atoms with van der Waals surface area (Å²) >= 11 is 0. The molecule has 2 rings (SSSR count). The summed E-state index contributed by atoms with van der Waals surface area (Å²) in [6, 6.07) is 4.92. The minimum atomic E-state index is -0.442. The van der Waals surface area contributed by atoms with Crippen LogP contribution in [0.3, 0.4) is 0 Å². The number of ether oxygens (including phenoxy) is 1. The summed E-state index contributed by atoms with van der Waals surface area (Å²) in [4.78, 5) is 13.5. The maximum Gasteiger partial charge on any atom is 0.144 e. The minimum Gasteiger partial charge on any atom is -0.490 e. The number of nitrogens with two attached hydrogens (primary N) is 2. The molecule has 1 aliphatic rings. The van der Waals surface area contributed by atoms with Gasteiger partial charge >= 0.3 is 0 Å². The molecule has 0 radical (unpaired) electrons. The second-order valence-corrected chi connectivity index (χ2v) is 5.05. The van der Waals surface area contributed by atoms with E-state index in [0.717, 1.165) is 28.9 Å². The van der Waals surface area contributed by atoms with Crippen LogP contribution < -0.4 is 21.1 Å². The van der Waals surface area contributed by atoms with Gasteiger partial charge in [-0.25, -0.2) is 0 Å². The van der Waals surface area contributed by atoms with Gasteiger partial charge in [0.25, 0.3) is 0 Å². The lowest BCUT2D eigenvalue weighted by Crippen LogP contribution is -2.52. The second kappa shape index (κ2) is 6.07. The molecule has 1 aromatic carbocycles. The number of carbonyl (C=O) groups is 1. The van der Waals surface area contributed by atoms with Gasteiger partial charge < -0.3 is 25.9 Å². The molecule has 1 heterocycles. The van der Waals surface area contributed by atoms with Gasteiger partial charge in [-0.1, -0.05) is 18.2 Å². The number of benzene rings is 1. The van der Waals surface area contributed by atoms with Gasteiger partial charge in [-0.15, -0.1) is 0 Å². The lowest BCUT2D eigenvalue weighted by atomic mass is 10.0. The van der Waals surface area contributed by atoms with Gasteiger partial charge in [-0.2, -0.15) is 0 Å². The van der Waals surface area contributed by atoms with Crippen molar-refractivity contribution >= 4 is 12.0 Å². The summed E-state index contributed by atoms with van der Waals surface area (Å²) in [6.45, 7) is 7.27. The standard InChI is InChI=1S/C15H21N3O2/c1-10(2)15(17)13(9-19)18-5-6-20-14-4-3-11(8-16)7-12(14)18/h3-4,7,9,13,15H,1,5-6,8,16-17H2,2H3. The Hall–Kier alpha value is -1.85. The van der Waals surface area contributed by atoms with Crippen molar-refractivity contribution in [1.29, 1.82) is 0 Å². The SMILES string of the molecule is C=C(C)C(N)C(C=O)N1CCOc2ccc(CN)cc21. The molecule has 5 nitrogen and oxygen atoms in total. The van der Waals surface area contributed by atoms with Crippen molar-refractivity contribution in [3.63, 3.8) is 0 Å². The first-order valence-electron chi connectivity index (χ1n) is 6.67. The quantitative estimate of drug-likeness (QED) is 0.614. The summed E-state index contributed by atoms with van der Waals surface area (Å²) in [5, 5.41) is 0. The number of rotatable bonds is 5. The van der Waals surface area contributed by atoms with Gasteiger partial charge in [-0.05, 0) is 24.6 Å². The Morgan fingerprint density at radius 2 is 2.35 bits per heavy atom. The molecule has 0 saturated heterocycles. The van der Waals surface area contributed by atoms with Crippen LogP contribution in [0.4, 0.5) is 5.69 Å². The third-order valence-corrected chi connectivity index (χ3v) is 3.59. The molecule has 0 fully saturated rings. The first kappa shape index (κ1) is 14.6. The fourth-order valence-electron chi connectivity index (χ4n) is 2.36.